The third-order valence-electron chi connectivity index (χ3n) is 7.10. The van der Waals surface area contributed by atoms with Crippen LogP contribution in [0.3, 0.4) is 0 Å². The third kappa shape index (κ3) is 8.21. The van der Waals surface area contributed by atoms with E-state index < -0.39 is 16.1 Å². The molecule has 1 atom stereocenters. The maximum Gasteiger partial charge on any atom is 0.242 e. The number of hydrogen-bond acceptors (Lipinski definition) is 5. The molecular formula is C29H41N3O5S. The Hall–Kier alpha value is -3.07. The molecule has 1 N–H and O–H groups in total. The van der Waals surface area contributed by atoms with Crippen molar-refractivity contribution < 1.29 is 22.7 Å². The van der Waals surface area contributed by atoms with Crippen molar-refractivity contribution in [2.75, 3.05) is 24.2 Å². The molecule has 8 nitrogen and oxygen atoms in total. The van der Waals surface area contributed by atoms with Crippen LogP contribution < -0.4 is 14.4 Å². The monoisotopic (exact) mass is 543 g/mol. The van der Waals surface area contributed by atoms with Gasteiger partial charge in [-0.15, -0.1) is 0 Å². The Morgan fingerprint density at radius 3 is 2.34 bits per heavy atom. The lowest BCUT2D eigenvalue weighted by Gasteiger charge is -2.31. The van der Waals surface area contributed by atoms with E-state index >= 15 is 0 Å². The van der Waals surface area contributed by atoms with Crippen molar-refractivity contribution in [2.24, 2.45) is 0 Å². The fourth-order valence-corrected chi connectivity index (χ4v) is 5.83. The molecule has 2 amide bonds. The summed E-state index contributed by atoms with van der Waals surface area (Å²) in [5.41, 5.74) is 2.49. The number of anilines is 1. The Balaban J connectivity index is 1.73. The van der Waals surface area contributed by atoms with E-state index in [9.17, 15) is 18.0 Å². The summed E-state index contributed by atoms with van der Waals surface area (Å²) in [6.45, 7) is 4.19. The van der Waals surface area contributed by atoms with Gasteiger partial charge in [0.2, 0.25) is 21.8 Å². The molecule has 208 valence electrons. The SMILES string of the molecule is COc1ccccc1N(CCCC(=O)N(Cc1ccc(C)cc1)[C@H](C)C(=O)NC1CCCCC1)S(C)(=O)=O. The summed E-state index contributed by atoms with van der Waals surface area (Å²) in [5.74, 6) is 0.104. The van der Waals surface area contributed by atoms with Crippen LogP contribution in [0.15, 0.2) is 48.5 Å². The van der Waals surface area contributed by atoms with E-state index in [1.165, 1.54) is 17.8 Å². The second kappa shape index (κ2) is 13.6. The first-order valence-corrected chi connectivity index (χ1v) is 15.2. The average Bonchev–Trinajstić information content (AvgIpc) is 2.90. The van der Waals surface area contributed by atoms with Crippen LogP contribution in [0.4, 0.5) is 5.69 Å². The zero-order valence-electron chi connectivity index (χ0n) is 23.0. The van der Waals surface area contributed by atoms with E-state index in [0.717, 1.165) is 43.1 Å². The molecular weight excluding hydrogens is 502 g/mol. The highest BCUT2D eigenvalue weighted by Crippen LogP contribution is 2.30. The number of ether oxygens (including phenoxy) is 1. The van der Waals surface area contributed by atoms with Gasteiger partial charge in [0, 0.05) is 25.6 Å². The Kier molecular flexibility index (Phi) is 10.6. The minimum absolute atomic E-state index is 0.105. The van der Waals surface area contributed by atoms with Gasteiger partial charge in [-0.05, 0) is 50.8 Å². The van der Waals surface area contributed by atoms with Gasteiger partial charge in [-0.25, -0.2) is 8.42 Å². The topological polar surface area (TPSA) is 96.0 Å². The number of benzene rings is 2. The van der Waals surface area contributed by atoms with Gasteiger partial charge in [-0.3, -0.25) is 13.9 Å². The molecule has 1 saturated carbocycles. The van der Waals surface area contributed by atoms with Gasteiger partial charge < -0.3 is 15.0 Å². The van der Waals surface area contributed by atoms with Gasteiger partial charge in [-0.1, -0.05) is 61.2 Å². The molecule has 0 unspecified atom stereocenters. The lowest BCUT2D eigenvalue weighted by atomic mass is 9.95. The highest BCUT2D eigenvalue weighted by molar-refractivity contribution is 7.92. The van der Waals surface area contributed by atoms with Crippen molar-refractivity contribution in [1.82, 2.24) is 10.2 Å². The molecule has 1 fully saturated rings. The van der Waals surface area contributed by atoms with E-state index in [1.807, 2.05) is 31.2 Å². The summed E-state index contributed by atoms with van der Waals surface area (Å²) < 4.78 is 31.8. The molecule has 0 radical (unpaired) electrons. The predicted octanol–water partition coefficient (Wildman–Crippen LogP) is 4.42. The number of methoxy groups -OCH3 is 1. The van der Waals surface area contributed by atoms with Crippen molar-refractivity contribution in [3.05, 3.63) is 59.7 Å². The summed E-state index contributed by atoms with van der Waals surface area (Å²) >= 11 is 0. The van der Waals surface area contributed by atoms with E-state index in [0.29, 0.717) is 24.4 Å². The van der Waals surface area contributed by atoms with Crippen LogP contribution >= 0.6 is 0 Å². The number of aryl methyl sites for hydroxylation is 1. The van der Waals surface area contributed by atoms with Gasteiger partial charge in [0.25, 0.3) is 0 Å². The van der Waals surface area contributed by atoms with Gasteiger partial charge in [0.05, 0.1) is 19.1 Å². The van der Waals surface area contributed by atoms with E-state index in [4.69, 9.17) is 4.74 Å². The Labute approximate surface area is 227 Å². The minimum Gasteiger partial charge on any atom is -0.495 e. The minimum atomic E-state index is -3.60. The number of rotatable bonds is 12. The van der Waals surface area contributed by atoms with E-state index in [1.54, 1.807) is 36.1 Å². The van der Waals surface area contributed by atoms with Crippen LogP contribution in [0, 0.1) is 6.92 Å². The van der Waals surface area contributed by atoms with Crippen molar-refractivity contribution in [1.29, 1.82) is 0 Å². The molecule has 2 aromatic rings. The Morgan fingerprint density at radius 2 is 1.71 bits per heavy atom. The number of carbonyl (C=O) groups excluding carboxylic acids is 2. The number of nitrogens with zero attached hydrogens (tertiary/aromatic N) is 2. The molecule has 2 aromatic carbocycles. The Bertz CT molecular complexity index is 1180. The van der Waals surface area contributed by atoms with Gasteiger partial charge >= 0.3 is 0 Å². The highest BCUT2D eigenvalue weighted by atomic mass is 32.2. The van der Waals surface area contributed by atoms with Crippen molar-refractivity contribution in [2.45, 2.75) is 77.4 Å². The first-order chi connectivity index (χ1) is 18.1. The Morgan fingerprint density at radius 1 is 1.05 bits per heavy atom. The van der Waals surface area contributed by atoms with Crippen molar-refractivity contribution >= 4 is 27.5 Å². The largest absolute Gasteiger partial charge is 0.495 e. The lowest BCUT2D eigenvalue weighted by molar-refractivity contribution is -0.141. The summed E-state index contributed by atoms with van der Waals surface area (Å²) in [6, 6.07) is 14.3. The van der Waals surface area contributed by atoms with Crippen LogP contribution in [-0.2, 0) is 26.2 Å². The second-order valence-corrected chi connectivity index (χ2v) is 12.0. The molecule has 0 heterocycles. The van der Waals surface area contributed by atoms with Crippen LogP contribution in [0.5, 0.6) is 5.75 Å². The molecule has 9 heteroatoms. The average molecular weight is 544 g/mol. The highest BCUT2D eigenvalue weighted by Gasteiger charge is 2.28. The summed E-state index contributed by atoms with van der Waals surface area (Å²) in [7, 11) is -2.11. The van der Waals surface area contributed by atoms with Gasteiger partial charge in [-0.2, -0.15) is 0 Å². The third-order valence-corrected chi connectivity index (χ3v) is 8.28. The smallest absolute Gasteiger partial charge is 0.242 e. The fraction of sp³-hybridized carbons (Fsp3) is 0.517. The maximum absolute atomic E-state index is 13.5. The van der Waals surface area contributed by atoms with Gasteiger partial charge in [0.1, 0.15) is 11.8 Å². The lowest BCUT2D eigenvalue weighted by Crippen LogP contribution is -2.50. The molecule has 0 saturated heterocycles. The standard InChI is InChI=1S/C29H41N3O5S/c1-22-16-18-24(19-17-22)21-31(23(2)29(34)30-25-11-6-5-7-12-25)28(33)15-10-20-32(38(4,35)36)26-13-8-9-14-27(26)37-3/h8-9,13-14,16-19,23,25H,5-7,10-12,15,20-21H2,1-4H3,(H,30,34)/t23-/m1/s1. The zero-order chi connectivity index (χ0) is 27.7. The number of amides is 2. The number of nitrogens with one attached hydrogen (secondary N) is 1. The molecule has 1 aliphatic carbocycles. The summed E-state index contributed by atoms with van der Waals surface area (Å²) in [4.78, 5) is 28.3. The van der Waals surface area contributed by atoms with Crippen molar-refractivity contribution in [3.63, 3.8) is 0 Å². The number of carbonyl (C=O) groups is 2. The quantitative estimate of drug-likeness (QED) is 0.428. The van der Waals surface area contributed by atoms with Crippen molar-refractivity contribution in [3.8, 4) is 5.75 Å². The number of sulfonamides is 1. The second-order valence-electron chi connectivity index (χ2n) is 10.1. The summed E-state index contributed by atoms with van der Waals surface area (Å²) in [6.07, 6.45) is 6.88. The van der Waals surface area contributed by atoms with Gasteiger partial charge in [0.15, 0.2) is 0 Å². The van der Waals surface area contributed by atoms with E-state index in [2.05, 4.69) is 5.32 Å². The van der Waals surface area contributed by atoms with Crippen LogP contribution in [0.1, 0.15) is 63.0 Å². The molecule has 38 heavy (non-hydrogen) atoms. The van der Waals surface area contributed by atoms with Crippen LogP contribution in [0.2, 0.25) is 0 Å². The molecule has 0 aliphatic heterocycles. The summed E-state index contributed by atoms with van der Waals surface area (Å²) in [5, 5.41) is 3.14. The normalized spacial score (nSPS) is 14.9. The van der Waals surface area contributed by atoms with Crippen LogP contribution in [-0.4, -0.2) is 57.1 Å². The van der Waals surface area contributed by atoms with E-state index in [-0.39, 0.29) is 30.8 Å². The zero-order valence-corrected chi connectivity index (χ0v) is 23.8. The molecule has 1 aliphatic rings. The predicted molar refractivity (Wildman–Crippen MR) is 151 cm³/mol. The number of para-hydroxylation sites is 2. The first-order valence-electron chi connectivity index (χ1n) is 13.4. The molecule has 0 spiro atoms. The van der Waals surface area contributed by atoms with Crippen LogP contribution in [0.25, 0.3) is 0 Å². The molecule has 0 bridgehead atoms. The number of hydrogen-bond donors (Lipinski definition) is 1. The molecule has 0 aromatic heterocycles. The molecule has 3 rings (SSSR count). The fourth-order valence-electron chi connectivity index (χ4n) is 4.86. The maximum atomic E-state index is 13.5. The first kappa shape index (κ1) is 29.5.